The average Bonchev–Trinajstić information content (AvgIpc) is 3.19. The van der Waals surface area contributed by atoms with Crippen LogP contribution < -0.4 is 19.8 Å². The highest BCUT2D eigenvalue weighted by Crippen LogP contribution is 2.43. The fourth-order valence-corrected chi connectivity index (χ4v) is 4.95. The lowest BCUT2D eigenvalue weighted by Crippen LogP contribution is -2.29. The number of ether oxygens (including phenoxy) is 2. The Bertz CT molecular complexity index is 1540. The number of carbonyl (C=O) groups excluding carboxylic acids is 1. The van der Waals surface area contributed by atoms with Crippen LogP contribution in [0.5, 0.6) is 11.5 Å². The van der Waals surface area contributed by atoms with E-state index in [0.29, 0.717) is 40.3 Å². The third-order valence-corrected chi connectivity index (χ3v) is 6.81. The summed E-state index contributed by atoms with van der Waals surface area (Å²) in [6.07, 6.45) is 3.16. The minimum absolute atomic E-state index is 0.0757. The maximum atomic E-state index is 13.9. The van der Waals surface area contributed by atoms with Crippen molar-refractivity contribution < 1.29 is 18.7 Å². The van der Waals surface area contributed by atoms with Gasteiger partial charge in [-0.1, -0.05) is 49.6 Å². The van der Waals surface area contributed by atoms with Crippen LogP contribution in [0.4, 0.5) is 5.69 Å². The minimum Gasteiger partial charge on any atom is -0.493 e. The van der Waals surface area contributed by atoms with Crippen LogP contribution in [0.3, 0.4) is 0 Å². The molecule has 0 saturated heterocycles. The van der Waals surface area contributed by atoms with Crippen molar-refractivity contribution in [3.8, 4) is 11.5 Å². The number of hydrogen-bond donors (Lipinski definition) is 0. The summed E-state index contributed by atoms with van der Waals surface area (Å²) < 4.78 is 17.7. The highest BCUT2D eigenvalue weighted by Gasteiger charge is 2.44. The number of aryl methyl sites for hydroxylation is 2. The largest absolute Gasteiger partial charge is 0.493 e. The molecule has 0 bridgehead atoms. The number of unbranched alkanes of at least 4 members (excludes halogenated alkanes) is 2. The van der Waals surface area contributed by atoms with Crippen LogP contribution in [0, 0.1) is 13.8 Å². The normalized spacial score (nSPS) is 14.8. The van der Waals surface area contributed by atoms with E-state index in [2.05, 4.69) is 6.92 Å². The van der Waals surface area contributed by atoms with E-state index in [1.807, 2.05) is 68.4 Å². The fraction of sp³-hybridized carbons (Fsp3) is 0.290. The zero-order valence-corrected chi connectivity index (χ0v) is 21.7. The monoisotopic (exact) mass is 497 g/mol. The summed E-state index contributed by atoms with van der Waals surface area (Å²) in [7, 11) is 1.59. The molecular formula is C31H31NO5. The molecular weight excluding hydrogens is 466 g/mol. The van der Waals surface area contributed by atoms with Gasteiger partial charge in [-0.15, -0.1) is 0 Å². The van der Waals surface area contributed by atoms with Gasteiger partial charge in [0.05, 0.1) is 30.7 Å². The molecule has 190 valence electrons. The summed E-state index contributed by atoms with van der Waals surface area (Å²) in [5.74, 6) is 0.922. The molecule has 0 saturated carbocycles. The summed E-state index contributed by atoms with van der Waals surface area (Å²) >= 11 is 0. The number of nitrogens with zero attached hydrogens (tertiary/aromatic N) is 1. The molecule has 6 nitrogen and oxygen atoms in total. The first-order valence-electron chi connectivity index (χ1n) is 12.7. The lowest BCUT2D eigenvalue weighted by atomic mass is 9.97. The Morgan fingerprint density at radius 2 is 1.73 bits per heavy atom. The highest BCUT2D eigenvalue weighted by molar-refractivity contribution is 6.10. The minimum atomic E-state index is -0.673. The number of hydrogen-bond acceptors (Lipinski definition) is 5. The van der Waals surface area contributed by atoms with Crippen molar-refractivity contribution in [2.45, 2.75) is 46.1 Å². The van der Waals surface area contributed by atoms with E-state index in [-0.39, 0.29) is 17.1 Å². The van der Waals surface area contributed by atoms with Crippen molar-refractivity contribution in [1.29, 1.82) is 0 Å². The Kier molecular flexibility index (Phi) is 6.74. The number of carbonyl (C=O) groups is 1. The van der Waals surface area contributed by atoms with Crippen LogP contribution >= 0.6 is 0 Å². The smallest absolute Gasteiger partial charge is 0.295 e. The maximum absolute atomic E-state index is 13.9. The standard InChI is InChI=1S/C31H31NO5/c1-5-6-7-15-36-25-14-12-21(18-26(25)35-4)28-27-29(33)23-17-20(3)11-13-24(23)37-30(27)31(34)32(28)22-10-8-9-19(2)16-22/h8-14,16-18,28H,5-7,15H2,1-4H3. The molecule has 1 unspecified atom stereocenters. The van der Waals surface area contributed by atoms with Crippen molar-refractivity contribution >= 4 is 22.6 Å². The summed E-state index contributed by atoms with van der Waals surface area (Å²) in [6.45, 7) is 6.65. The number of methoxy groups -OCH3 is 1. The van der Waals surface area contributed by atoms with Gasteiger partial charge in [0.2, 0.25) is 5.76 Å². The van der Waals surface area contributed by atoms with Gasteiger partial charge in [0, 0.05) is 5.69 Å². The lowest BCUT2D eigenvalue weighted by Gasteiger charge is -2.26. The van der Waals surface area contributed by atoms with E-state index < -0.39 is 6.04 Å². The molecule has 4 aromatic rings. The zero-order valence-electron chi connectivity index (χ0n) is 21.7. The van der Waals surface area contributed by atoms with E-state index in [4.69, 9.17) is 13.9 Å². The van der Waals surface area contributed by atoms with E-state index in [9.17, 15) is 9.59 Å². The molecule has 0 spiro atoms. The molecule has 1 amide bonds. The second-order valence-corrected chi connectivity index (χ2v) is 9.56. The average molecular weight is 498 g/mol. The Labute approximate surface area is 216 Å². The first-order valence-corrected chi connectivity index (χ1v) is 12.7. The second kappa shape index (κ2) is 10.1. The fourth-order valence-electron chi connectivity index (χ4n) is 4.95. The summed E-state index contributed by atoms with van der Waals surface area (Å²) in [5, 5.41) is 0.463. The SMILES string of the molecule is CCCCCOc1ccc(C2c3c(oc4ccc(C)cc4c3=O)C(=O)N2c2cccc(C)c2)cc1OC. The number of amides is 1. The van der Waals surface area contributed by atoms with Crippen molar-refractivity contribution in [2.75, 3.05) is 18.6 Å². The molecule has 0 radical (unpaired) electrons. The van der Waals surface area contributed by atoms with Gasteiger partial charge < -0.3 is 13.9 Å². The molecule has 3 aromatic carbocycles. The molecule has 1 aliphatic rings. The van der Waals surface area contributed by atoms with Crippen LogP contribution in [-0.2, 0) is 0 Å². The van der Waals surface area contributed by atoms with E-state index >= 15 is 0 Å². The number of rotatable bonds is 8. The summed E-state index contributed by atoms with van der Waals surface area (Å²) in [5.41, 5.74) is 3.93. The number of anilines is 1. The van der Waals surface area contributed by atoms with Crippen LogP contribution in [-0.4, -0.2) is 19.6 Å². The van der Waals surface area contributed by atoms with Gasteiger partial charge in [0.15, 0.2) is 16.9 Å². The third-order valence-electron chi connectivity index (χ3n) is 6.81. The van der Waals surface area contributed by atoms with Gasteiger partial charge in [-0.3, -0.25) is 14.5 Å². The van der Waals surface area contributed by atoms with Gasteiger partial charge in [0.25, 0.3) is 5.91 Å². The molecule has 1 aromatic heterocycles. The van der Waals surface area contributed by atoms with Gasteiger partial charge >= 0.3 is 0 Å². The van der Waals surface area contributed by atoms with E-state index in [1.165, 1.54) is 0 Å². The Morgan fingerprint density at radius 3 is 2.49 bits per heavy atom. The van der Waals surface area contributed by atoms with Crippen molar-refractivity contribution in [3.05, 3.63) is 98.9 Å². The third kappa shape index (κ3) is 4.48. The quantitative estimate of drug-likeness (QED) is 0.252. The van der Waals surface area contributed by atoms with Gasteiger partial charge in [0.1, 0.15) is 5.58 Å². The molecule has 0 fully saturated rings. The molecule has 1 atom stereocenters. The molecule has 0 aliphatic carbocycles. The molecule has 5 rings (SSSR count). The van der Waals surface area contributed by atoms with Gasteiger partial charge in [-0.05, 0) is 67.8 Å². The molecule has 0 N–H and O–H groups in total. The highest BCUT2D eigenvalue weighted by atomic mass is 16.5. The van der Waals surface area contributed by atoms with Crippen molar-refractivity contribution in [2.24, 2.45) is 0 Å². The van der Waals surface area contributed by atoms with Crippen molar-refractivity contribution in [3.63, 3.8) is 0 Å². The molecule has 6 heteroatoms. The lowest BCUT2D eigenvalue weighted by molar-refractivity contribution is 0.0971. The van der Waals surface area contributed by atoms with Crippen molar-refractivity contribution in [1.82, 2.24) is 0 Å². The maximum Gasteiger partial charge on any atom is 0.295 e. The topological polar surface area (TPSA) is 69.0 Å². The molecule has 1 aliphatic heterocycles. The predicted molar refractivity (Wildman–Crippen MR) is 145 cm³/mol. The first-order chi connectivity index (χ1) is 17.9. The van der Waals surface area contributed by atoms with Crippen LogP contribution in [0.1, 0.15) is 65.0 Å². The summed E-state index contributed by atoms with van der Waals surface area (Å²) in [4.78, 5) is 29.3. The first kappa shape index (κ1) is 24.6. The molecule has 37 heavy (non-hydrogen) atoms. The predicted octanol–water partition coefficient (Wildman–Crippen LogP) is 6.74. The zero-order chi connectivity index (χ0) is 26.1. The number of benzene rings is 3. The van der Waals surface area contributed by atoms with E-state index in [1.54, 1.807) is 18.1 Å². The Hall–Kier alpha value is -4.06. The second-order valence-electron chi connectivity index (χ2n) is 9.56. The summed E-state index contributed by atoms with van der Waals surface area (Å²) in [6, 6.07) is 18.0. The Morgan fingerprint density at radius 1 is 0.919 bits per heavy atom. The Balaban J connectivity index is 1.68. The van der Waals surface area contributed by atoms with Crippen LogP contribution in [0.15, 0.2) is 69.9 Å². The van der Waals surface area contributed by atoms with Crippen LogP contribution in [0.25, 0.3) is 11.0 Å². The van der Waals surface area contributed by atoms with Gasteiger partial charge in [-0.2, -0.15) is 0 Å². The number of fused-ring (bicyclic) bond motifs is 2. The van der Waals surface area contributed by atoms with Crippen LogP contribution in [0.2, 0.25) is 0 Å². The van der Waals surface area contributed by atoms with E-state index in [0.717, 1.165) is 36.0 Å². The molecule has 2 heterocycles. The van der Waals surface area contributed by atoms with Gasteiger partial charge in [-0.25, -0.2) is 0 Å².